The molecule has 0 aliphatic carbocycles. The fourth-order valence-corrected chi connectivity index (χ4v) is 12.3. The SMILES string of the molecule is CC(=O)C(=N)c1cc(-c2cnc(C)nc2)ccc1NCC(=O)O.CC(=O)c1nn(CC(=O)N2C[C@@]3(F)COCCCCCCCc4ccc(Br)nc4NC(=O)[C@@H]2C3)c2ccc(-c3cnc(C)nc3)cc12.O=C1Nc2nc(Br)ccc2CCCCCCCOC[C@]2(F)CN[C@H]1C2. The molecule has 11 rings (SSSR count). The van der Waals surface area contributed by atoms with Gasteiger partial charge in [0.15, 0.2) is 17.2 Å². The second-order valence-corrected chi connectivity index (χ2v) is 26.0. The smallest absolute Gasteiger partial charge is 0.322 e. The van der Waals surface area contributed by atoms with E-state index in [9.17, 15) is 33.2 Å². The Morgan fingerprint density at radius 3 is 1.80 bits per heavy atom. The van der Waals surface area contributed by atoms with Crippen LogP contribution in [0.2, 0.25) is 0 Å². The molecule has 5 aromatic heterocycles. The molecule has 0 spiro atoms. The van der Waals surface area contributed by atoms with Gasteiger partial charge in [-0.2, -0.15) is 5.10 Å². The molecule has 9 heterocycles. The lowest BCUT2D eigenvalue weighted by atomic mass is 9.99. The molecular weight excluding hydrogens is 1350 g/mol. The molecule has 4 atom stereocenters. The van der Waals surface area contributed by atoms with Crippen LogP contribution in [-0.2, 0) is 52.8 Å². The Labute approximate surface area is 566 Å². The molecule has 502 valence electrons. The first-order chi connectivity index (χ1) is 45.5. The maximum atomic E-state index is 16.3. The number of amides is 3. The summed E-state index contributed by atoms with van der Waals surface area (Å²) in [6, 6.07) is 16.5. The number of aliphatic carboxylic acids is 1. The number of rotatable bonds is 10. The van der Waals surface area contributed by atoms with Gasteiger partial charge in [-0.15, -0.1) is 0 Å². The molecule has 0 saturated carbocycles. The fraction of sp³-hybridized carbons (Fsp3) is 0.441. The van der Waals surface area contributed by atoms with Crippen molar-refractivity contribution in [2.24, 2.45) is 0 Å². The largest absolute Gasteiger partial charge is 0.480 e. The summed E-state index contributed by atoms with van der Waals surface area (Å²) >= 11 is 6.74. The van der Waals surface area contributed by atoms with Crippen molar-refractivity contribution in [2.75, 3.05) is 62.0 Å². The Morgan fingerprint density at radius 2 is 1.23 bits per heavy atom. The number of carbonyl (C=O) groups is 6. The van der Waals surface area contributed by atoms with Crippen LogP contribution in [0.5, 0.6) is 0 Å². The fourth-order valence-electron chi connectivity index (χ4n) is 11.7. The quantitative estimate of drug-likeness (QED) is 0.0421. The number of benzene rings is 2. The monoisotopic (exact) mass is 1430 g/mol. The standard InChI is InChI=1S/C34H37BrFN7O4.C18H25BrFN3O2.C16H16N4O3/c1-21(44)31-26-14-24(25-16-37-22(2)38-17-25)9-11-27(26)43(41-31)18-30(45)42-19-34(36)15-28(42)33(46)40-32-23(10-12-29(35)39-32)8-6-4-3-5-7-13-47-20-34;19-15-8-7-13-6-4-2-1-3-5-9-25-12-18(20)10-14(21-11-18)17(24)23-16(13)22-15;1-9(21)16(17)13-5-11(12-6-18-10(2)19-7-12)3-4-14(13)20-8-15(22)23/h9-12,14,16-17,28H,3-8,13,15,18-20H2,1-2H3,(H,39,40,46);7-8,14,21H,1-6,9-12H2,(H,22,23,24);3-7,17,20H,8H2,1-2H3,(H,22,23)/t28-,34+;14-,18+;/m00./s1. The number of ether oxygens (including phenoxy) is 2. The number of halogens is 4. The molecule has 4 bridgehead atoms. The van der Waals surface area contributed by atoms with Crippen molar-refractivity contribution in [1.29, 1.82) is 5.41 Å². The Balaban J connectivity index is 0.000000186. The van der Waals surface area contributed by atoms with Crippen molar-refractivity contribution in [3.05, 3.63) is 129 Å². The van der Waals surface area contributed by atoms with Crippen molar-refractivity contribution in [3.8, 4) is 22.3 Å². The lowest BCUT2D eigenvalue weighted by molar-refractivity contribution is -0.137. The van der Waals surface area contributed by atoms with Gasteiger partial charge in [0.2, 0.25) is 17.7 Å². The predicted molar refractivity (Wildman–Crippen MR) is 362 cm³/mol. The van der Waals surface area contributed by atoms with Crippen LogP contribution >= 0.6 is 31.9 Å². The minimum absolute atomic E-state index is 0.0458. The first kappa shape index (κ1) is 71.1. The number of anilines is 3. The molecular formula is C68H78Br2F2N14O9. The Bertz CT molecular complexity index is 3940. The first-order valence-electron chi connectivity index (χ1n) is 31.8. The number of alkyl halides is 2. The number of carbonyl (C=O) groups excluding carboxylic acids is 5. The van der Waals surface area contributed by atoms with Gasteiger partial charge in [-0.05, 0) is 143 Å². The summed E-state index contributed by atoms with van der Waals surface area (Å²) in [5, 5.41) is 33.2. The van der Waals surface area contributed by atoms with Gasteiger partial charge in [-0.1, -0.05) is 62.8 Å². The second-order valence-electron chi connectivity index (χ2n) is 24.4. The number of fused-ring (bicyclic) bond motifs is 7. The van der Waals surface area contributed by atoms with Crippen LogP contribution in [0, 0.1) is 19.3 Å². The number of carboxylic acids is 1. The van der Waals surface area contributed by atoms with E-state index in [1.807, 2.05) is 36.4 Å². The van der Waals surface area contributed by atoms with Crippen LogP contribution in [-0.4, -0.2) is 160 Å². The van der Waals surface area contributed by atoms with Gasteiger partial charge in [0.05, 0.1) is 31.3 Å². The number of hydrogen-bond donors (Lipinski definition) is 6. The number of pyridine rings is 2. The number of aryl methyl sites for hydroxylation is 4. The Kier molecular flexibility index (Phi) is 24.6. The molecule has 2 aromatic carbocycles. The molecule has 7 aromatic rings. The van der Waals surface area contributed by atoms with Crippen LogP contribution < -0.4 is 21.3 Å². The zero-order valence-corrected chi connectivity index (χ0v) is 56.7. The van der Waals surface area contributed by atoms with Gasteiger partial charge in [0, 0.05) is 99.0 Å². The summed E-state index contributed by atoms with van der Waals surface area (Å²) in [5.41, 5.74) is 2.91. The van der Waals surface area contributed by atoms with Gasteiger partial charge >= 0.3 is 5.97 Å². The molecule has 3 amide bonds. The molecule has 4 aliphatic rings. The number of nitrogens with one attached hydrogen (secondary N) is 5. The van der Waals surface area contributed by atoms with E-state index in [2.05, 4.69) is 88.1 Å². The van der Waals surface area contributed by atoms with E-state index in [0.29, 0.717) is 67.9 Å². The lowest BCUT2D eigenvalue weighted by Crippen LogP contribution is -2.45. The number of likely N-dealkylation sites (tertiary alicyclic amines) is 1. The molecule has 27 heteroatoms. The topological polar surface area (TPSA) is 311 Å². The summed E-state index contributed by atoms with van der Waals surface area (Å²) in [7, 11) is 0. The van der Waals surface area contributed by atoms with Gasteiger partial charge in [-0.3, -0.25) is 38.9 Å². The lowest BCUT2D eigenvalue weighted by Gasteiger charge is -2.24. The minimum Gasteiger partial charge on any atom is -0.480 e. The van der Waals surface area contributed by atoms with E-state index in [0.717, 1.165) is 110 Å². The normalized spacial score (nSPS) is 20.5. The molecule has 0 radical (unpaired) electrons. The molecule has 4 aliphatic heterocycles. The van der Waals surface area contributed by atoms with Crippen LogP contribution in [0.15, 0.2) is 94.7 Å². The van der Waals surface area contributed by atoms with E-state index in [1.54, 1.807) is 62.9 Å². The third kappa shape index (κ3) is 19.5. The van der Waals surface area contributed by atoms with Crippen molar-refractivity contribution in [3.63, 3.8) is 0 Å². The van der Waals surface area contributed by atoms with Crippen molar-refractivity contribution >= 4 is 101 Å². The van der Waals surface area contributed by atoms with Crippen LogP contribution in [0.25, 0.3) is 33.2 Å². The molecule has 23 nitrogen and oxygen atoms in total. The van der Waals surface area contributed by atoms with E-state index < -0.39 is 47.0 Å². The summed E-state index contributed by atoms with van der Waals surface area (Å²) in [6.45, 7) is 6.36. The molecule has 0 unspecified atom stereocenters. The second kappa shape index (κ2) is 32.9. The number of nitrogens with zero attached hydrogens (tertiary/aromatic N) is 9. The van der Waals surface area contributed by atoms with Crippen LogP contribution in [0.3, 0.4) is 0 Å². The number of aromatic nitrogens is 8. The summed E-state index contributed by atoms with van der Waals surface area (Å²) < 4.78 is 45.1. The molecule has 2 fully saturated rings. The van der Waals surface area contributed by atoms with Crippen molar-refractivity contribution < 1.29 is 52.1 Å². The van der Waals surface area contributed by atoms with E-state index in [1.165, 1.54) is 23.4 Å². The van der Waals surface area contributed by atoms with Crippen LogP contribution in [0.1, 0.15) is 130 Å². The number of carboxylic acid groups (broad SMARTS) is 1. The van der Waals surface area contributed by atoms with Crippen molar-refractivity contribution in [2.45, 2.75) is 148 Å². The zero-order chi connectivity index (χ0) is 67.8. The highest BCUT2D eigenvalue weighted by molar-refractivity contribution is 9.10. The maximum absolute atomic E-state index is 16.3. The minimum atomic E-state index is -1.91. The van der Waals surface area contributed by atoms with E-state index >= 15 is 4.39 Å². The average molecular weight is 1430 g/mol. The molecule has 2 saturated heterocycles. The van der Waals surface area contributed by atoms with Gasteiger partial charge in [-0.25, -0.2) is 38.7 Å². The highest BCUT2D eigenvalue weighted by Crippen LogP contribution is 2.35. The van der Waals surface area contributed by atoms with Crippen molar-refractivity contribution in [1.82, 2.24) is 49.9 Å². The molecule has 6 N–H and O–H groups in total. The predicted octanol–water partition coefficient (Wildman–Crippen LogP) is 10.9. The average Bonchev–Trinajstić information content (AvgIpc) is 1.66. The number of hydrogen-bond acceptors (Lipinski definition) is 18. The number of ketones is 2. The summed E-state index contributed by atoms with van der Waals surface area (Å²) in [5.74, 6) is -0.696. The third-order valence-electron chi connectivity index (χ3n) is 16.8. The van der Waals surface area contributed by atoms with E-state index in [4.69, 9.17) is 20.0 Å². The van der Waals surface area contributed by atoms with Crippen LogP contribution in [0.4, 0.5) is 26.1 Å². The Morgan fingerprint density at radius 1 is 0.695 bits per heavy atom. The van der Waals surface area contributed by atoms with E-state index in [-0.39, 0.29) is 75.3 Å². The molecule has 95 heavy (non-hydrogen) atoms. The zero-order valence-electron chi connectivity index (χ0n) is 53.5. The highest BCUT2D eigenvalue weighted by atomic mass is 79.9. The third-order valence-corrected chi connectivity index (χ3v) is 17.7. The maximum Gasteiger partial charge on any atom is 0.322 e. The number of Topliss-reactive ketones (excluding diaryl/α,β-unsaturated/α-hetero) is 2. The van der Waals surface area contributed by atoms with Gasteiger partial charge < -0.3 is 40.7 Å². The summed E-state index contributed by atoms with van der Waals surface area (Å²) in [4.78, 5) is 102. The van der Waals surface area contributed by atoms with Gasteiger partial charge in [0.1, 0.15) is 68.7 Å². The summed E-state index contributed by atoms with van der Waals surface area (Å²) in [6.07, 6.45) is 18.4. The first-order valence-corrected chi connectivity index (χ1v) is 33.4. The van der Waals surface area contributed by atoms with Gasteiger partial charge in [0.25, 0.3) is 0 Å². The highest BCUT2D eigenvalue weighted by Gasteiger charge is 2.50. The Hall–Kier alpha value is -8.24.